The van der Waals surface area contributed by atoms with Gasteiger partial charge in [-0.25, -0.2) is 16.8 Å². The number of amides is 1. The Morgan fingerprint density at radius 2 is 1.40 bits per heavy atom. The van der Waals surface area contributed by atoms with Crippen molar-refractivity contribution in [3.63, 3.8) is 0 Å². The first kappa shape index (κ1) is 31.2. The Hall–Kier alpha value is -3.77. The lowest BCUT2D eigenvalue weighted by atomic mass is 10.2. The third-order valence-electron chi connectivity index (χ3n) is 5.96. The molecule has 1 amide bonds. The molecule has 0 fully saturated rings. The van der Waals surface area contributed by atoms with Gasteiger partial charge in [0.15, 0.2) is 0 Å². The zero-order valence-corrected chi connectivity index (χ0v) is 25.7. The van der Waals surface area contributed by atoms with E-state index in [1.54, 1.807) is 36.4 Å². The lowest BCUT2D eigenvalue weighted by Gasteiger charge is -2.25. The maximum Gasteiger partial charge on any atom is 0.264 e. The monoisotopic (exact) mass is 647 g/mol. The van der Waals surface area contributed by atoms with E-state index in [4.69, 9.17) is 27.9 Å². The average molecular weight is 649 g/mol. The number of carbonyl (C=O) groups excluding carboxylic acids is 1. The van der Waals surface area contributed by atoms with Crippen molar-refractivity contribution in [2.75, 3.05) is 27.5 Å². The van der Waals surface area contributed by atoms with Gasteiger partial charge in [0.05, 0.1) is 32.1 Å². The van der Waals surface area contributed by atoms with Crippen LogP contribution in [-0.2, 0) is 24.8 Å². The quantitative estimate of drug-likeness (QED) is 0.196. The van der Waals surface area contributed by atoms with Crippen LogP contribution in [-0.4, -0.2) is 35.9 Å². The fourth-order valence-corrected chi connectivity index (χ4v) is 6.81. The van der Waals surface area contributed by atoms with Crippen molar-refractivity contribution in [3.05, 3.63) is 107 Å². The minimum Gasteiger partial charge on any atom is -0.494 e. The molecule has 4 aromatic carbocycles. The molecule has 9 nitrogen and oxygen atoms in total. The number of nitrogens with zero attached hydrogens (tertiary/aromatic N) is 1. The summed E-state index contributed by atoms with van der Waals surface area (Å²) in [6.07, 6.45) is 0. The van der Waals surface area contributed by atoms with Gasteiger partial charge in [0.1, 0.15) is 12.3 Å². The van der Waals surface area contributed by atoms with Gasteiger partial charge < -0.3 is 10.1 Å². The summed E-state index contributed by atoms with van der Waals surface area (Å²) in [4.78, 5) is 13.0. The van der Waals surface area contributed by atoms with E-state index in [1.165, 1.54) is 54.6 Å². The van der Waals surface area contributed by atoms with Crippen LogP contribution in [0.3, 0.4) is 0 Å². The number of aryl methyl sites for hydroxylation is 1. The van der Waals surface area contributed by atoms with Gasteiger partial charge in [-0.15, -0.1) is 0 Å². The van der Waals surface area contributed by atoms with Crippen molar-refractivity contribution in [2.24, 2.45) is 0 Å². The second-order valence-electron chi connectivity index (χ2n) is 9.03. The molecule has 0 bridgehead atoms. The van der Waals surface area contributed by atoms with E-state index < -0.39 is 32.5 Å². The number of sulfonamides is 2. The van der Waals surface area contributed by atoms with Crippen LogP contribution in [0, 0.1) is 6.92 Å². The fraction of sp³-hybridized carbons (Fsp3) is 0.138. The van der Waals surface area contributed by atoms with Crippen LogP contribution in [0.5, 0.6) is 5.75 Å². The van der Waals surface area contributed by atoms with Crippen LogP contribution in [0.15, 0.2) is 101 Å². The van der Waals surface area contributed by atoms with E-state index in [0.29, 0.717) is 18.0 Å². The first-order valence-corrected chi connectivity index (χ1v) is 16.3. The normalized spacial score (nSPS) is 11.5. The number of halogens is 2. The van der Waals surface area contributed by atoms with Gasteiger partial charge in [0.25, 0.3) is 20.0 Å². The number of rotatable bonds is 11. The summed E-state index contributed by atoms with van der Waals surface area (Å²) in [5, 5.41) is 2.69. The van der Waals surface area contributed by atoms with Gasteiger partial charge in [0, 0.05) is 11.4 Å². The lowest BCUT2D eigenvalue weighted by Crippen LogP contribution is -2.38. The van der Waals surface area contributed by atoms with Crippen molar-refractivity contribution >= 4 is 66.2 Å². The second-order valence-corrected chi connectivity index (χ2v) is 13.4. The van der Waals surface area contributed by atoms with E-state index in [0.717, 1.165) is 9.87 Å². The van der Waals surface area contributed by atoms with Gasteiger partial charge >= 0.3 is 0 Å². The fourth-order valence-electron chi connectivity index (χ4n) is 3.87. The zero-order chi connectivity index (χ0) is 30.5. The molecule has 42 heavy (non-hydrogen) atoms. The summed E-state index contributed by atoms with van der Waals surface area (Å²) in [7, 11) is -8.14. The number of carbonyl (C=O) groups is 1. The largest absolute Gasteiger partial charge is 0.494 e. The highest BCUT2D eigenvalue weighted by Gasteiger charge is 2.29. The van der Waals surface area contributed by atoms with Gasteiger partial charge in [-0.2, -0.15) is 0 Å². The lowest BCUT2D eigenvalue weighted by molar-refractivity contribution is -0.114. The Morgan fingerprint density at radius 1 is 0.810 bits per heavy atom. The third-order valence-corrected chi connectivity index (χ3v) is 9.94. The minimum atomic E-state index is -4.23. The Bertz CT molecular complexity index is 1780. The van der Waals surface area contributed by atoms with E-state index >= 15 is 0 Å². The highest BCUT2D eigenvalue weighted by Crippen LogP contribution is 2.35. The van der Waals surface area contributed by atoms with Crippen molar-refractivity contribution in [2.45, 2.75) is 23.6 Å². The zero-order valence-electron chi connectivity index (χ0n) is 22.5. The number of hydrogen-bond acceptors (Lipinski definition) is 6. The first-order chi connectivity index (χ1) is 19.9. The minimum absolute atomic E-state index is 0.0293. The maximum absolute atomic E-state index is 13.6. The maximum atomic E-state index is 13.6. The molecule has 0 aliphatic heterocycles. The summed E-state index contributed by atoms with van der Waals surface area (Å²) < 4.78 is 61.7. The molecule has 4 aromatic rings. The van der Waals surface area contributed by atoms with Gasteiger partial charge in [0.2, 0.25) is 5.91 Å². The topological polar surface area (TPSA) is 122 Å². The molecule has 0 heterocycles. The number of hydrogen-bond donors (Lipinski definition) is 2. The molecule has 0 spiro atoms. The molecular weight excluding hydrogens is 621 g/mol. The molecular formula is C29H27Cl2N3O6S2. The summed E-state index contributed by atoms with van der Waals surface area (Å²) in [5.74, 6) is -0.0757. The summed E-state index contributed by atoms with van der Waals surface area (Å²) in [5.41, 5.74) is 1.50. The molecule has 0 aliphatic rings. The van der Waals surface area contributed by atoms with Crippen molar-refractivity contribution in [3.8, 4) is 5.75 Å². The van der Waals surface area contributed by atoms with E-state index in [1.807, 2.05) is 13.8 Å². The highest BCUT2D eigenvalue weighted by molar-refractivity contribution is 7.93. The number of anilines is 3. The van der Waals surface area contributed by atoms with Crippen LogP contribution >= 0.6 is 23.2 Å². The molecule has 0 saturated carbocycles. The number of ether oxygens (including phenoxy) is 1. The van der Waals surface area contributed by atoms with Gasteiger partial charge in [-0.05, 0) is 86.6 Å². The highest BCUT2D eigenvalue weighted by atomic mass is 35.5. The SMILES string of the molecule is CCOc1ccc(NS(=O)(=O)c2ccc(NC(=O)CN(c3cccc(Cl)c3Cl)S(=O)(=O)c3ccc(C)cc3)cc2)cc1. The number of nitrogens with one attached hydrogen (secondary N) is 2. The number of benzene rings is 4. The average Bonchev–Trinajstić information content (AvgIpc) is 2.95. The van der Waals surface area contributed by atoms with Crippen LogP contribution in [0.4, 0.5) is 17.1 Å². The van der Waals surface area contributed by atoms with Crippen molar-refractivity contribution in [1.82, 2.24) is 0 Å². The molecule has 0 saturated heterocycles. The van der Waals surface area contributed by atoms with Crippen molar-refractivity contribution in [1.29, 1.82) is 0 Å². The summed E-state index contributed by atoms with van der Waals surface area (Å²) in [6.45, 7) is 3.53. The molecule has 220 valence electrons. The molecule has 4 rings (SSSR count). The molecule has 13 heteroatoms. The van der Waals surface area contributed by atoms with E-state index in [2.05, 4.69) is 10.0 Å². The molecule has 0 unspecified atom stereocenters. The van der Waals surface area contributed by atoms with Crippen LogP contribution in [0.25, 0.3) is 0 Å². The van der Waals surface area contributed by atoms with Gasteiger partial charge in [-0.1, -0.05) is 47.0 Å². The standard InChI is InChI=1S/C29H27Cl2N3O6S2/c1-3-40-23-13-9-22(10-14-23)33-41(36,37)24-17-11-21(12-18-24)32-28(35)19-34(27-6-4-5-26(30)29(27)31)42(38,39)25-15-7-20(2)8-16-25/h4-18,33H,3,19H2,1-2H3,(H,32,35). The van der Waals surface area contributed by atoms with Crippen molar-refractivity contribution < 1.29 is 26.4 Å². The Labute approximate surface area is 255 Å². The molecule has 0 aromatic heterocycles. The predicted octanol–water partition coefficient (Wildman–Crippen LogP) is 6.34. The molecule has 2 N–H and O–H groups in total. The Balaban J connectivity index is 1.52. The Morgan fingerprint density at radius 3 is 2.02 bits per heavy atom. The van der Waals surface area contributed by atoms with Gasteiger partial charge in [-0.3, -0.25) is 13.8 Å². The van der Waals surface area contributed by atoms with Crippen LogP contribution < -0.4 is 19.1 Å². The smallest absolute Gasteiger partial charge is 0.264 e. The Kier molecular flexibility index (Phi) is 9.67. The molecule has 0 atom stereocenters. The van der Waals surface area contributed by atoms with Crippen LogP contribution in [0.2, 0.25) is 10.0 Å². The first-order valence-electron chi connectivity index (χ1n) is 12.6. The van der Waals surface area contributed by atoms with E-state index in [9.17, 15) is 21.6 Å². The predicted molar refractivity (Wildman–Crippen MR) is 166 cm³/mol. The third kappa shape index (κ3) is 7.35. The summed E-state index contributed by atoms with van der Waals surface area (Å²) >= 11 is 12.5. The second kappa shape index (κ2) is 13.0. The van der Waals surface area contributed by atoms with Crippen LogP contribution in [0.1, 0.15) is 12.5 Å². The van der Waals surface area contributed by atoms with E-state index in [-0.39, 0.29) is 31.2 Å². The summed E-state index contributed by atoms with van der Waals surface area (Å²) in [6, 6.07) is 22.6. The molecule has 0 aliphatic carbocycles. The molecule has 0 radical (unpaired) electrons.